The summed E-state index contributed by atoms with van der Waals surface area (Å²) >= 11 is 11.0. The van der Waals surface area contributed by atoms with Gasteiger partial charge in [-0.25, -0.2) is 0 Å². The first-order valence-corrected chi connectivity index (χ1v) is 7.79. The minimum atomic E-state index is 0.311. The first-order chi connectivity index (χ1) is 9.58. The van der Waals surface area contributed by atoms with E-state index in [1.807, 2.05) is 12.1 Å². The van der Waals surface area contributed by atoms with Crippen LogP contribution in [0.5, 0.6) is 5.75 Å². The van der Waals surface area contributed by atoms with Crippen molar-refractivity contribution in [2.45, 2.75) is 31.7 Å². The molecule has 20 heavy (non-hydrogen) atoms. The summed E-state index contributed by atoms with van der Waals surface area (Å²) in [6.45, 7) is 1.90. The highest BCUT2D eigenvalue weighted by Crippen LogP contribution is 2.23. The predicted octanol–water partition coefficient (Wildman–Crippen LogP) is 3.23. The third-order valence-corrected chi connectivity index (χ3v) is 4.38. The SMILES string of the molecule is CN1CCCCC1CCOc1ccc(C(N)=S)c(Cl)c1. The molecule has 0 radical (unpaired) electrons. The Bertz CT molecular complexity index is 481. The summed E-state index contributed by atoms with van der Waals surface area (Å²) in [5, 5.41) is 0.546. The molecule has 0 spiro atoms. The van der Waals surface area contributed by atoms with Crippen LogP contribution in [0.2, 0.25) is 5.02 Å². The average molecular weight is 313 g/mol. The molecule has 3 nitrogen and oxygen atoms in total. The van der Waals surface area contributed by atoms with E-state index < -0.39 is 0 Å². The fourth-order valence-corrected chi connectivity index (χ4v) is 3.11. The molecular formula is C15H21ClN2OS. The van der Waals surface area contributed by atoms with Crippen LogP contribution in [-0.4, -0.2) is 36.1 Å². The Morgan fingerprint density at radius 1 is 1.50 bits per heavy atom. The molecule has 1 saturated heterocycles. The summed E-state index contributed by atoms with van der Waals surface area (Å²) in [4.78, 5) is 2.74. The molecule has 1 aliphatic rings. The first-order valence-electron chi connectivity index (χ1n) is 7.00. The largest absolute Gasteiger partial charge is 0.493 e. The van der Waals surface area contributed by atoms with Crippen molar-refractivity contribution in [2.75, 3.05) is 20.2 Å². The number of hydrogen-bond donors (Lipinski definition) is 1. The number of ether oxygens (including phenoxy) is 1. The van der Waals surface area contributed by atoms with E-state index in [4.69, 9.17) is 34.3 Å². The molecule has 0 saturated carbocycles. The molecule has 1 aromatic rings. The topological polar surface area (TPSA) is 38.5 Å². The predicted molar refractivity (Wildman–Crippen MR) is 87.7 cm³/mol. The van der Waals surface area contributed by atoms with E-state index in [2.05, 4.69) is 11.9 Å². The third kappa shape index (κ3) is 4.08. The molecule has 0 aliphatic carbocycles. The molecule has 2 N–H and O–H groups in total. The van der Waals surface area contributed by atoms with Gasteiger partial charge in [-0.05, 0) is 51.1 Å². The summed E-state index contributed by atoms with van der Waals surface area (Å²) in [5.41, 5.74) is 6.27. The second kappa shape index (κ2) is 7.25. The van der Waals surface area contributed by atoms with Gasteiger partial charge in [0.2, 0.25) is 0 Å². The van der Waals surface area contributed by atoms with Gasteiger partial charge in [-0.2, -0.15) is 0 Å². The molecule has 1 aromatic carbocycles. The number of nitrogens with zero attached hydrogens (tertiary/aromatic N) is 1. The standard InChI is InChI=1S/C15H21ClN2OS/c1-18-8-3-2-4-11(18)7-9-19-12-5-6-13(15(17)20)14(16)10-12/h5-6,10-11H,2-4,7-9H2,1H3,(H2,17,20). The fourth-order valence-electron chi connectivity index (χ4n) is 2.61. The second-order valence-corrected chi connectivity index (χ2v) is 6.12. The molecule has 1 aliphatic heterocycles. The van der Waals surface area contributed by atoms with Crippen molar-refractivity contribution in [1.29, 1.82) is 0 Å². The molecule has 1 atom stereocenters. The second-order valence-electron chi connectivity index (χ2n) is 5.27. The number of halogens is 1. The highest BCUT2D eigenvalue weighted by Gasteiger charge is 2.18. The van der Waals surface area contributed by atoms with Gasteiger partial charge in [0, 0.05) is 11.6 Å². The van der Waals surface area contributed by atoms with Crippen LogP contribution in [0.15, 0.2) is 18.2 Å². The lowest BCUT2D eigenvalue weighted by Crippen LogP contribution is -2.37. The van der Waals surface area contributed by atoms with Gasteiger partial charge >= 0.3 is 0 Å². The molecule has 2 rings (SSSR count). The van der Waals surface area contributed by atoms with Crippen LogP contribution in [0.4, 0.5) is 0 Å². The minimum absolute atomic E-state index is 0.311. The maximum Gasteiger partial charge on any atom is 0.120 e. The number of likely N-dealkylation sites (tertiary alicyclic amines) is 1. The van der Waals surface area contributed by atoms with Gasteiger partial charge < -0.3 is 15.4 Å². The summed E-state index contributed by atoms with van der Waals surface area (Å²) in [5.74, 6) is 0.772. The van der Waals surface area contributed by atoms with E-state index in [1.54, 1.807) is 6.07 Å². The minimum Gasteiger partial charge on any atom is -0.493 e. The van der Waals surface area contributed by atoms with Crippen LogP contribution in [0.3, 0.4) is 0 Å². The Kier molecular flexibility index (Phi) is 5.64. The molecule has 0 amide bonds. The van der Waals surface area contributed by atoms with Crippen molar-refractivity contribution in [3.8, 4) is 5.75 Å². The van der Waals surface area contributed by atoms with Crippen molar-refractivity contribution in [3.05, 3.63) is 28.8 Å². The maximum absolute atomic E-state index is 6.12. The average Bonchev–Trinajstić information content (AvgIpc) is 2.40. The first kappa shape index (κ1) is 15.5. The van der Waals surface area contributed by atoms with E-state index in [0.29, 0.717) is 28.2 Å². The monoisotopic (exact) mass is 312 g/mol. The van der Waals surface area contributed by atoms with Crippen molar-refractivity contribution < 1.29 is 4.74 Å². The van der Waals surface area contributed by atoms with Gasteiger partial charge in [0.1, 0.15) is 10.7 Å². The highest BCUT2D eigenvalue weighted by atomic mass is 35.5. The smallest absolute Gasteiger partial charge is 0.120 e. The molecule has 5 heteroatoms. The zero-order valence-electron chi connectivity index (χ0n) is 11.8. The number of rotatable bonds is 5. The number of thiocarbonyl (C=S) groups is 1. The molecular weight excluding hydrogens is 292 g/mol. The summed E-state index contributed by atoms with van der Waals surface area (Å²) in [6.07, 6.45) is 4.94. The lowest BCUT2D eigenvalue weighted by atomic mass is 10.0. The van der Waals surface area contributed by atoms with Gasteiger partial charge in [0.25, 0.3) is 0 Å². The van der Waals surface area contributed by atoms with Gasteiger partial charge in [-0.3, -0.25) is 0 Å². The maximum atomic E-state index is 6.12. The number of piperidine rings is 1. The van der Waals surface area contributed by atoms with Gasteiger partial charge in [-0.1, -0.05) is 30.2 Å². The van der Waals surface area contributed by atoms with Crippen LogP contribution < -0.4 is 10.5 Å². The van der Waals surface area contributed by atoms with Crippen LogP contribution in [0.25, 0.3) is 0 Å². The highest BCUT2D eigenvalue weighted by molar-refractivity contribution is 7.80. The van der Waals surface area contributed by atoms with Gasteiger partial charge in [-0.15, -0.1) is 0 Å². The van der Waals surface area contributed by atoms with E-state index in [0.717, 1.165) is 12.2 Å². The van der Waals surface area contributed by atoms with Crippen LogP contribution in [0.1, 0.15) is 31.2 Å². The third-order valence-electron chi connectivity index (χ3n) is 3.85. The van der Waals surface area contributed by atoms with Crippen LogP contribution in [0, 0.1) is 0 Å². The van der Waals surface area contributed by atoms with E-state index >= 15 is 0 Å². The molecule has 1 heterocycles. The fraction of sp³-hybridized carbons (Fsp3) is 0.533. The van der Waals surface area contributed by atoms with Crippen molar-refractivity contribution in [1.82, 2.24) is 4.90 Å². The Morgan fingerprint density at radius 2 is 2.30 bits per heavy atom. The number of benzene rings is 1. The molecule has 110 valence electrons. The quantitative estimate of drug-likeness (QED) is 0.847. The van der Waals surface area contributed by atoms with Crippen molar-refractivity contribution in [2.24, 2.45) is 5.73 Å². The van der Waals surface area contributed by atoms with Crippen molar-refractivity contribution >= 4 is 28.8 Å². The Balaban J connectivity index is 1.85. The van der Waals surface area contributed by atoms with E-state index in [9.17, 15) is 0 Å². The molecule has 1 fully saturated rings. The number of hydrogen-bond acceptors (Lipinski definition) is 3. The van der Waals surface area contributed by atoms with E-state index in [1.165, 1.54) is 25.8 Å². The Morgan fingerprint density at radius 3 is 2.95 bits per heavy atom. The van der Waals surface area contributed by atoms with Gasteiger partial charge in [0.15, 0.2) is 0 Å². The van der Waals surface area contributed by atoms with Crippen LogP contribution in [-0.2, 0) is 0 Å². The lowest BCUT2D eigenvalue weighted by molar-refractivity contribution is 0.153. The summed E-state index contributed by atoms with van der Waals surface area (Å²) in [7, 11) is 2.19. The zero-order valence-corrected chi connectivity index (χ0v) is 13.3. The zero-order chi connectivity index (χ0) is 14.5. The molecule has 0 bridgehead atoms. The van der Waals surface area contributed by atoms with Crippen LogP contribution >= 0.6 is 23.8 Å². The van der Waals surface area contributed by atoms with Crippen molar-refractivity contribution in [3.63, 3.8) is 0 Å². The Labute approximate surface area is 131 Å². The van der Waals surface area contributed by atoms with Gasteiger partial charge in [0.05, 0.1) is 11.6 Å². The molecule has 0 aromatic heterocycles. The summed E-state index contributed by atoms with van der Waals surface area (Å²) in [6, 6.07) is 6.09. The Hall–Kier alpha value is -0.840. The normalized spacial score (nSPS) is 19.8. The lowest BCUT2D eigenvalue weighted by Gasteiger charge is -2.32. The number of nitrogens with two attached hydrogens (primary N) is 1. The van der Waals surface area contributed by atoms with E-state index in [-0.39, 0.29) is 0 Å². The summed E-state index contributed by atoms with van der Waals surface area (Å²) < 4.78 is 5.78. The molecule has 1 unspecified atom stereocenters.